The van der Waals surface area contributed by atoms with Crippen LogP contribution in [-0.4, -0.2) is 28.5 Å². The lowest BCUT2D eigenvalue weighted by atomic mass is 10.3. The molecule has 0 radical (unpaired) electrons. The van der Waals surface area contributed by atoms with Crippen molar-refractivity contribution in [2.75, 3.05) is 6.54 Å². The van der Waals surface area contributed by atoms with Crippen molar-refractivity contribution < 1.29 is 9.53 Å². The topological polar surface area (TPSA) is 67.0 Å². The number of amides is 1. The molecule has 1 amide bonds. The quantitative estimate of drug-likeness (QED) is 0.657. The summed E-state index contributed by atoms with van der Waals surface area (Å²) < 4.78 is 5.60. The van der Waals surface area contributed by atoms with E-state index in [1.54, 1.807) is 6.92 Å². The van der Waals surface area contributed by atoms with Gasteiger partial charge in [-0.3, -0.25) is 4.79 Å². The molecule has 3 rings (SSSR count). The van der Waals surface area contributed by atoms with E-state index in [9.17, 15) is 4.79 Å². The third kappa shape index (κ3) is 4.13. The van der Waals surface area contributed by atoms with E-state index >= 15 is 0 Å². The molecule has 1 atom stereocenters. The molecule has 2 N–H and O–H groups in total. The number of nitrogens with one attached hydrogen (secondary N) is 2. The Hall–Kier alpha value is -2.82. The average molecular weight is 323 g/mol. The van der Waals surface area contributed by atoms with Crippen LogP contribution in [0.4, 0.5) is 0 Å². The van der Waals surface area contributed by atoms with Gasteiger partial charge in [-0.2, -0.15) is 0 Å². The van der Waals surface area contributed by atoms with Crippen molar-refractivity contribution >= 4 is 16.9 Å². The van der Waals surface area contributed by atoms with Crippen molar-refractivity contribution in [3.63, 3.8) is 0 Å². The van der Waals surface area contributed by atoms with Crippen molar-refractivity contribution in [1.82, 2.24) is 15.3 Å². The first kappa shape index (κ1) is 16.1. The number of benzene rings is 2. The highest BCUT2D eigenvalue weighted by molar-refractivity contribution is 5.80. The summed E-state index contributed by atoms with van der Waals surface area (Å²) in [6.45, 7) is 2.35. The molecule has 0 saturated heterocycles. The fourth-order valence-corrected chi connectivity index (χ4v) is 2.49. The van der Waals surface area contributed by atoms with Crippen molar-refractivity contribution in [2.45, 2.75) is 25.9 Å². The predicted molar refractivity (Wildman–Crippen MR) is 94.0 cm³/mol. The summed E-state index contributed by atoms with van der Waals surface area (Å²) in [7, 11) is 0. The zero-order valence-corrected chi connectivity index (χ0v) is 13.7. The molecule has 1 heterocycles. The number of imidazole rings is 1. The van der Waals surface area contributed by atoms with Gasteiger partial charge >= 0.3 is 0 Å². The molecular weight excluding hydrogens is 302 g/mol. The Morgan fingerprint density at radius 3 is 2.71 bits per heavy atom. The van der Waals surface area contributed by atoms with Crippen LogP contribution in [-0.2, 0) is 11.2 Å². The Morgan fingerprint density at radius 1 is 1.17 bits per heavy atom. The number of hydrogen-bond donors (Lipinski definition) is 2. The Bertz CT molecular complexity index is 765. The Labute approximate surface area is 141 Å². The van der Waals surface area contributed by atoms with Crippen LogP contribution in [0.2, 0.25) is 0 Å². The number of H-pyrrole nitrogens is 1. The molecule has 0 fully saturated rings. The van der Waals surface area contributed by atoms with Crippen LogP contribution in [0.1, 0.15) is 19.2 Å². The second kappa shape index (κ2) is 7.64. The summed E-state index contributed by atoms with van der Waals surface area (Å²) >= 11 is 0. The van der Waals surface area contributed by atoms with E-state index in [2.05, 4.69) is 15.3 Å². The highest BCUT2D eigenvalue weighted by Crippen LogP contribution is 2.12. The fraction of sp³-hybridized carbons (Fsp3) is 0.263. The van der Waals surface area contributed by atoms with E-state index in [1.807, 2.05) is 54.6 Å². The second-order valence-electron chi connectivity index (χ2n) is 5.67. The Kier molecular flexibility index (Phi) is 5.11. The monoisotopic (exact) mass is 323 g/mol. The van der Waals surface area contributed by atoms with Crippen LogP contribution >= 0.6 is 0 Å². The van der Waals surface area contributed by atoms with Crippen LogP contribution in [0.15, 0.2) is 54.6 Å². The number of carbonyl (C=O) groups excluding carboxylic acids is 1. The molecule has 2 aromatic carbocycles. The maximum Gasteiger partial charge on any atom is 0.260 e. The number of ether oxygens (including phenoxy) is 1. The van der Waals surface area contributed by atoms with Gasteiger partial charge in [0.2, 0.25) is 0 Å². The number of hydrogen-bond acceptors (Lipinski definition) is 3. The van der Waals surface area contributed by atoms with E-state index < -0.39 is 6.10 Å². The van der Waals surface area contributed by atoms with Gasteiger partial charge in [-0.1, -0.05) is 30.3 Å². The number of fused-ring (bicyclic) bond motifs is 1. The lowest BCUT2D eigenvalue weighted by molar-refractivity contribution is -0.127. The molecule has 1 aromatic heterocycles. The average Bonchev–Trinajstić information content (AvgIpc) is 3.02. The first-order valence-electron chi connectivity index (χ1n) is 8.15. The number of aryl methyl sites for hydroxylation is 1. The fourth-order valence-electron chi connectivity index (χ4n) is 2.49. The van der Waals surface area contributed by atoms with E-state index in [0.717, 1.165) is 29.7 Å². The Balaban J connectivity index is 1.41. The molecule has 3 aromatic rings. The smallest absolute Gasteiger partial charge is 0.260 e. The minimum absolute atomic E-state index is 0.108. The minimum atomic E-state index is -0.515. The van der Waals surface area contributed by atoms with Crippen LogP contribution in [0.25, 0.3) is 11.0 Å². The molecule has 24 heavy (non-hydrogen) atoms. The summed E-state index contributed by atoms with van der Waals surface area (Å²) in [5.74, 6) is 1.53. The first-order chi connectivity index (χ1) is 11.7. The molecule has 0 aliphatic heterocycles. The normalized spacial score (nSPS) is 12.0. The van der Waals surface area contributed by atoms with Gasteiger partial charge < -0.3 is 15.0 Å². The van der Waals surface area contributed by atoms with E-state index in [1.165, 1.54) is 0 Å². The lowest BCUT2D eigenvalue weighted by Crippen LogP contribution is -2.36. The zero-order valence-electron chi connectivity index (χ0n) is 13.7. The molecule has 0 spiro atoms. The maximum absolute atomic E-state index is 12.0. The molecule has 124 valence electrons. The standard InChI is InChI=1S/C19H21N3O2/c1-14(24-15-8-3-2-4-9-15)19(23)20-13-7-12-18-21-16-10-5-6-11-17(16)22-18/h2-6,8-11,14H,7,12-13H2,1H3,(H,20,23)(H,21,22)/t14-/m0/s1. The Morgan fingerprint density at radius 2 is 1.92 bits per heavy atom. The van der Waals surface area contributed by atoms with Gasteiger partial charge in [0, 0.05) is 13.0 Å². The SMILES string of the molecule is C[C@H](Oc1ccccc1)C(=O)NCCCc1nc2ccccc2[nH]1. The van der Waals surface area contributed by atoms with Gasteiger partial charge in [0.25, 0.3) is 5.91 Å². The number of carbonyl (C=O) groups is 1. The van der Waals surface area contributed by atoms with Gasteiger partial charge in [-0.25, -0.2) is 4.98 Å². The van der Waals surface area contributed by atoms with E-state index in [0.29, 0.717) is 12.3 Å². The summed E-state index contributed by atoms with van der Waals surface area (Å²) in [6.07, 6.45) is 1.10. The predicted octanol–water partition coefficient (Wildman–Crippen LogP) is 3.08. The van der Waals surface area contributed by atoms with Gasteiger partial charge in [0.1, 0.15) is 11.6 Å². The third-order valence-electron chi connectivity index (χ3n) is 3.75. The lowest BCUT2D eigenvalue weighted by Gasteiger charge is -2.14. The molecule has 5 heteroatoms. The van der Waals surface area contributed by atoms with Crippen molar-refractivity contribution in [2.24, 2.45) is 0 Å². The van der Waals surface area contributed by atoms with Crippen LogP contribution in [0.3, 0.4) is 0 Å². The molecule has 0 saturated carbocycles. The molecular formula is C19H21N3O2. The number of nitrogens with zero attached hydrogens (tertiary/aromatic N) is 1. The van der Waals surface area contributed by atoms with Gasteiger partial charge in [0.15, 0.2) is 6.10 Å². The summed E-state index contributed by atoms with van der Waals surface area (Å²) in [4.78, 5) is 19.9. The summed E-state index contributed by atoms with van der Waals surface area (Å²) in [6, 6.07) is 17.3. The zero-order chi connectivity index (χ0) is 16.8. The van der Waals surface area contributed by atoms with Gasteiger partial charge in [-0.05, 0) is 37.6 Å². The molecule has 0 aliphatic rings. The number of rotatable bonds is 7. The van der Waals surface area contributed by atoms with Gasteiger partial charge in [0.05, 0.1) is 11.0 Å². The van der Waals surface area contributed by atoms with E-state index in [4.69, 9.17) is 4.74 Å². The summed E-state index contributed by atoms with van der Waals surface area (Å²) in [5, 5.41) is 2.90. The number of aromatic amines is 1. The minimum Gasteiger partial charge on any atom is -0.481 e. The van der Waals surface area contributed by atoms with Crippen LogP contribution < -0.4 is 10.1 Å². The maximum atomic E-state index is 12.0. The highest BCUT2D eigenvalue weighted by atomic mass is 16.5. The van der Waals surface area contributed by atoms with E-state index in [-0.39, 0.29) is 5.91 Å². The number of aromatic nitrogens is 2. The molecule has 0 bridgehead atoms. The highest BCUT2D eigenvalue weighted by Gasteiger charge is 2.13. The molecule has 0 aliphatic carbocycles. The van der Waals surface area contributed by atoms with Gasteiger partial charge in [-0.15, -0.1) is 0 Å². The summed E-state index contributed by atoms with van der Waals surface area (Å²) in [5.41, 5.74) is 2.02. The third-order valence-corrected chi connectivity index (χ3v) is 3.75. The van der Waals surface area contributed by atoms with Crippen molar-refractivity contribution in [3.05, 3.63) is 60.4 Å². The molecule has 0 unspecified atom stereocenters. The number of para-hydroxylation sites is 3. The molecule has 5 nitrogen and oxygen atoms in total. The van der Waals surface area contributed by atoms with Crippen molar-refractivity contribution in [1.29, 1.82) is 0 Å². The van der Waals surface area contributed by atoms with Crippen molar-refractivity contribution in [3.8, 4) is 5.75 Å². The van der Waals surface area contributed by atoms with Crippen LogP contribution in [0, 0.1) is 0 Å². The first-order valence-corrected chi connectivity index (χ1v) is 8.15. The largest absolute Gasteiger partial charge is 0.481 e. The second-order valence-corrected chi connectivity index (χ2v) is 5.67. The van der Waals surface area contributed by atoms with Crippen LogP contribution in [0.5, 0.6) is 5.75 Å².